The van der Waals surface area contributed by atoms with Gasteiger partial charge in [0.05, 0.1) is 12.1 Å². The minimum Gasteiger partial charge on any atom is -0.444 e. The second-order valence-electron chi connectivity index (χ2n) is 8.26. The van der Waals surface area contributed by atoms with E-state index in [9.17, 15) is 9.59 Å². The van der Waals surface area contributed by atoms with Crippen LogP contribution in [0, 0.1) is 0 Å². The van der Waals surface area contributed by atoms with Crippen LogP contribution < -0.4 is 21.3 Å². The van der Waals surface area contributed by atoms with E-state index in [4.69, 9.17) is 4.74 Å². The molecular weight excluding hydrogens is 473 g/mol. The molecule has 2 amide bonds. The molecule has 1 atom stereocenters. The molecule has 1 unspecified atom stereocenters. The Bertz CT molecular complexity index is 504. The van der Waals surface area contributed by atoms with Gasteiger partial charge in [-0.05, 0) is 54.9 Å². The molecule has 0 aliphatic carbocycles. The van der Waals surface area contributed by atoms with Crippen molar-refractivity contribution in [2.24, 2.45) is 4.99 Å². The molecule has 0 bridgehead atoms. The Labute approximate surface area is 187 Å². The van der Waals surface area contributed by atoms with Crippen molar-refractivity contribution in [1.29, 1.82) is 0 Å². The van der Waals surface area contributed by atoms with Crippen molar-refractivity contribution >= 4 is 41.9 Å². The van der Waals surface area contributed by atoms with E-state index in [2.05, 4.69) is 26.3 Å². The van der Waals surface area contributed by atoms with E-state index in [1.54, 1.807) is 0 Å². The Morgan fingerprint density at radius 2 is 1.68 bits per heavy atom. The number of carbonyl (C=O) groups excluding carboxylic acids is 2. The maximum atomic E-state index is 11.9. The maximum absolute atomic E-state index is 11.9. The molecule has 0 spiro atoms. The first-order valence-corrected chi connectivity index (χ1v) is 9.71. The normalized spacial score (nSPS) is 13.1. The summed E-state index contributed by atoms with van der Waals surface area (Å²) in [4.78, 5) is 28.3. The van der Waals surface area contributed by atoms with Gasteiger partial charge in [0.15, 0.2) is 5.96 Å². The number of rotatable bonds is 9. The number of alkyl carbamates (subject to hydrolysis) is 1. The lowest BCUT2D eigenvalue weighted by Gasteiger charge is -2.27. The van der Waals surface area contributed by atoms with Crippen molar-refractivity contribution in [2.45, 2.75) is 85.4 Å². The third-order valence-corrected chi connectivity index (χ3v) is 3.48. The summed E-state index contributed by atoms with van der Waals surface area (Å²) in [7, 11) is 0. The van der Waals surface area contributed by atoms with Crippen LogP contribution in [0.4, 0.5) is 4.79 Å². The molecule has 0 aliphatic rings. The Hall–Kier alpha value is -1.26. The highest BCUT2D eigenvalue weighted by atomic mass is 127. The number of aliphatic imine (C=N–C) groups is 1. The molecule has 0 saturated carbocycles. The van der Waals surface area contributed by atoms with E-state index in [0.29, 0.717) is 32.0 Å². The van der Waals surface area contributed by atoms with Crippen molar-refractivity contribution in [3.63, 3.8) is 0 Å². The topological polar surface area (TPSA) is 104 Å². The smallest absolute Gasteiger partial charge is 0.408 e. The lowest BCUT2D eigenvalue weighted by atomic mass is 10.1. The molecule has 4 N–H and O–H groups in total. The van der Waals surface area contributed by atoms with E-state index in [1.165, 1.54) is 0 Å². The molecule has 0 heterocycles. The second kappa shape index (κ2) is 13.8. The quantitative estimate of drug-likeness (QED) is 0.216. The largest absolute Gasteiger partial charge is 0.444 e. The average Bonchev–Trinajstić information content (AvgIpc) is 2.49. The van der Waals surface area contributed by atoms with Crippen LogP contribution in [0.2, 0.25) is 0 Å². The van der Waals surface area contributed by atoms with E-state index < -0.39 is 17.2 Å². The summed E-state index contributed by atoms with van der Waals surface area (Å²) in [6.45, 7) is 16.7. The maximum Gasteiger partial charge on any atom is 0.408 e. The van der Waals surface area contributed by atoms with Crippen LogP contribution in [0.25, 0.3) is 0 Å². The number of guanidine groups is 1. The second-order valence-corrected chi connectivity index (χ2v) is 8.26. The number of nitrogens with one attached hydrogen (secondary N) is 4. The molecule has 0 aromatic rings. The van der Waals surface area contributed by atoms with Gasteiger partial charge in [0.2, 0.25) is 5.91 Å². The zero-order valence-electron chi connectivity index (χ0n) is 18.7. The first-order valence-electron chi connectivity index (χ1n) is 9.71. The monoisotopic (exact) mass is 513 g/mol. The molecule has 0 radical (unpaired) electrons. The fourth-order valence-electron chi connectivity index (χ4n) is 1.98. The number of nitrogens with zero attached hydrogens (tertiary/aromatic N) is 1. The van der Waals surface area contributed by atoms with E-state index in [1.807, 2.05) is 55.4 Å². The SMILES string of the molecule is CCNC(=NCC(C)(C)NC(=O)OC(C)(C)C)NCCC(=O)NC(C)CC.I. The van der Waals surface area contributed by atoms with Crippen molar-refractivity contribution < 1.29 is 14.3 Å². The molecule has 28 heavy (non-hydrogen) atoms. The Kier molecular flexibility index (Phi) is 14.3. The highest BCUT2D eigenvalue weighted by Crippen LogP contribution is 2.09. The van der Waals surface area contributed by atoms with Crippen LogP contribution in [-0.2, 0) is 9.53 Å². The van der Waals surface area contributed by atoms with Crippen LogP contribution >= 0.6 is 24.0 Å². The van der Waals surface area contributed by atoms with Crippen LogP contribution in [0.3, 0.4) is 0 Å². The Balaban J connectivity index is 0. The fourth-order valence-corrected chi connectivity index (χ4v) is 1.98. The highest BCUT2D eigenvalue weighted by molar-refractivity contribution is 14.0. The molecule has 166 valence electrons. The Morgan fingerprint density at radius 3 is 2.18 bits per heavy atom. The third kappa shape index (κ3) is 15.8. The predicted octanol–water partition coefficient (Wildman–Crippen LogP) is 2.77. The van der Waals surface area contributed by atoms with Gasteiger partial charge in [-0.1, -0.05) is 6.92 Å². The molecular formula is C19H40IN5O3. The van der Waals surface area contributed by atoms with Crippen LogP contribution in [-0.4, -0.2) is 54.8 Å². The number of ether oxygens (including phenoxy) is 1. The van der Waals surface area contributed by atoms with E-state index >= 15 is 0 Å². The lowest BCUT2D eigenvalue weighted by molar-refractivity contribution is -0.121. The van der Waals surface area contributed by atoms with Crippen molar-refractivity contribution in [3.8, 4) is 0 Å². The lowest BCUT2D eigenvalue weighted by Crippen LogP contribution is -2.49. The van der Waals surface area contributed by atoms with E-state index in [0.717, 1.165) is 6.42 Å². The zero-order valence-corrected chi connectivity index (χ0v) is 21.0. The van der Waals surface area contributed by atoms with Gasteiger partial charge in [0.1, 0.15) is 5.60 Å². The summed E-state index contributed by atoms with van der Waals surface area (Å²) in [5, 5.41) is 12.0. The van der Waals surface area contributed by atoms with Crippen LogP contribution in [0.1, 0.15) is 68.2 Å². The minimum absolute atomic E-state index is 0. The van der Waals surface area contributed by atoms with Crippen molar-refractivity contribution in [3.05, 3.63) is 0 Å². The first kappa shape index (κ1) is 28.9. The highest BCUT2D eigenvalue weighted by Gasteiger charge is 2.24. The van der Waals surface area contributed by atoms with Crippen molar-refractivity contribution in [1.82, 2.24) is 21.3 Å². The standard InChI is InChI=1S/C19H39N5O3.HI/c1-9-14(3)23-15(25)11-12-21-16(20-10-2)22-13-19(7,8)24-17(26)27-18(4,5)6;/h14H,9-13H2,1-8H3,(H,23,25)(H,24,26)(H2,20,21,22);1H. The molecule has 0 aromatic carbocycles. The van der Waals surface area contributed by atoms with Gasteiger partial charge in [-0.15, -0.1) is 24.0 Å². The number of halogens is 1. The summed E-state index contributed by atoms with van der Waals surface area (Å²) < 4.78 is 5.29. The van der Waals surface area contributed by atoms with E-state index in [-0.39, 0.29) is 35.9 Å². The van der Waals surface area contributed by atoms with Crippen molar-refractivity contribution in [2.75, 3.05) is 19.6 Å². The molecule has 0 rings (SSSR count). The third-order valence-electron chi connectivity index (χ3n) is 3.48. The Morgan fingerprint density at radius 1 is 1.07 bits per heavy atom. The fraction of sp³-hybridized carbons (Fsp3) is 0.842. The average molecular weight is 513 g/mol. The summed E-state index contributed by atoms with van der Waals surface area (Å²) in [6, 6.07) is 0.180. The molecule has 0 aliphatic heterocycles. The summed E-state index contributed by atoms with van der Waals surface area (Å²) >= 11 is 0. The summed E-state index contributed by atoms with van der Waals surface area (Å²) in [5.41, 5.74) is -1.12. The van der Waals surface area contributed by atoms with Crippen LogP contribution in [0.5, 0.6) is 0 Å². The van der Waals surface area contributed by atoms with Gasteiger partial charge in [0.25, 0.3) is 0 Å². The summed E-state index contributed by atoms with van der Waals surface area (Å²) in [5.74, 6) is 0.618. The molecule has 0 fully saturated rings. The zero-order chi connectivity index (χ0) is 21.1. The van der Waals surface area contributed by atoms with Gasteiger partial charge < -0.3 is 26.0 Å². The van der Waals surface area contributed by atoms with Gasteiger partial charge in [0, 0.05) is 25.6 Å². The molecule has 8 nitrogen and oxygen atoms in total. The number of carbonyl (C=O) groups is 2. The summed E-state index contributed by atoms with van der Waals surface area (Å²) in [6.07, 6.45) is 0.805. The number of hydrogen-bond donors (Lipinski definition) is 4. The van der Waals surface area contributed by atoms with Gasteiger partial charge >= 0.3 is 6.09 Å². The molecule has 0 saturated heterocycles. The minimum atomic E-state index is -0.571. The van der Waals surface area contributed by atoms with Gasteiger partial charge in [-0.2, -0.15) is 0 Å². The first-order chi connectivity index (χ1) is 12.4. The van der Waals surface area contributed by atoms with Gasteiger partial charge in [-0.25, -0.2) is 4.79 Å². The van der Waals surface area contributed by atoms with Crippen LogP contribution in [0.15, 0.2) is 4.99 Å². The number of hydrogen-bond acceptors (Lipinski definition) is 4. The number of amides is 2. The molecule has 0 aromatic heterocycles. The molecule has 9 heteroatoms. The van der Waals surface area contributed by atoms with Gasteiger partial charge in [-0.3, -0.25) is 9.79 Å². The predicted molar refractivity (Wildman–Crippen MR) is 125 cm³/mol.